The molecule has 104 valence electrons. The van der Waals surface area contributed by atoms with Gasteiger partial charge in [-0.1, -0.05) is 6.92 Å². The second-order valence-corrected chi connectivity index (χ2v) is 3.82. The van der Waals surface area contributed by atoms with Crippen molar-refractivity contribution < 1.29 is 19.1 Å². The zero-order chi connectivity index (χ0) is 14.3. The summed E-state index contributed by atoms with van der Waals surface area (Å²) in [6, 6.07) is 6.56. The van der Waals surface area contributed by atoms with Crippen LogP contribution >= 0.6 is 0 Å². The molecule has 0 aliphatic carbocycles. The molecule has 1 aromatic rings. The van der Waals surface area contributed by atoms with E-state index in [-0.39, 0.29) is 12.0 Å². The van der Waals surface area contributed by atoms with Crippen molar-refractivity contribution in [1.29, 1.82) is 0 Å². The summed E-state index contributed by atoms with van der Waals surface area (Å²) in [5, 5.41) is 5.59. The Morgan fingerprint density at radius 3 is 2.16 bits per heavy atom. The van der Waals surface area contributed by atoms with E-state index in [1.807, 2.05) is 6.92 Å². The molecular formula is C13H18N2O4. The van der Waals surface area contributed by atoms with Crippen LogP contribution in [0.1, 0.15) is 13.3 Å². The molecule has 1 atom stereocenters. The molecule has 6 heteroatoms. The highest BCUT2D eigenvalue weighted by Gasteiger charge is 2.16. The third kappa shape index (κ3) is 4.50. The quantitative estimate of drug-likeness (QED) is 0.799. The fourth-order valence-electron chi connectivity index (χ4n) is 1.49. The SMILES string of the molecule is CCC(Nc1ccc(NC(=O)OC)cc1)C(=O)OC. The van der Waals surface area contributed by atoms with E-state index in [1.54, 1.807) is 24.3 Å². The van der Waals surface area contributed by atoms with Crippen LogP contribution in [0.5, 0.6) is 0 Å². The highest BCUT2D eigenvalue weighted by molar-refractivity contribution is 5.85. The molecule has 0 aliphatic heterocycles. The summed E-state index contributed by atoms with van der Waals surface area (Å²) in [6.45, 7) is 1.89. The van der Waals surface area contributed by atoms with Crippen molar-refractivity contribution in [2.45, 2.75) is 19.4 Å². The van der Waals surface area contributed by atoms with Gasteiger partial charge >= 0.3 is 12.1 Å². The second-order valence-electron chi connectivity index (χ2n) is 3.82. The first kappa shape index (κ1) is 14.8. The summed E-state index contributed by atoms with van der Waals surface area (Å²) in [7, 11) is 2.66. The number of hydrogen-bond donors (Lipinski definition) is 2. The smallest absolute Gasteiger partial charge is 0.411 e. The van der Waals surface area contributed by atoms with E-state index in [2.05, 4.69) is 15.4 Å². The lowest BCUT2D eigenvalue weighted by atomic mass is 10.2. The van der Waals surface area contributed by atoms with Crippen molar-refractivity contribution >= 4 is 23.4 Å². The molecule has 0 fully saturated rings. The number of hydrogen-bond acceptors (Lipinski definition) is 5. The van der Waals surface area contributed by atoms with Crippen LogP contribution in [0, 0.1) is 0 Å². The van der Waals surface area contributed by atoms with Crippen molar-refractivity contribution in [2.24, 2.45) is 0 Å². The summed E-state index contributed by atoms with van der Waals surface area (Å²) < 4.78 is 9.18. The number of carbonyl (C=O) groups excluding carboxylic acids is 2. The predicted molar refractivity (Wildman–Crippen MR) is 72.2 cm³/mol. The number of esters is 1. The fourth-order valence-corrected chi connectivity index (χ4v) is 1.49. The van der Waals surface area contributed by atoms with E-state index < -0.39 is 6.09 Å². The molecule has 0 heterocycles. The van der Waals surface area contributed by atoms with Crippen molar-refractivity contribution in [3.05, 3.63) is 24.3 Å². The molecule has 6 nitrogen and oxygen atoms in total. The first-order valence-corrected chi connectivity index (χ1v) is 5.90. The van der Waals surface area contributed by atoms with Crippen molar-refractivity contribution in [3.8, 4) is 0 Å². The van der Waals surface area contributed by atoms with Gasteiger partial charge in [-0.25, -0.2) is 9.59 Å². The first-order chi connectivity index (χ1) is 9.10. The molecule has 1 rings (SSSR count). The first-order valence-electron chi connectivity index (χ1n) is 5.90. The van der Waals surface area contributed by atoms with Gasteiger partial charge in [0, 0.05) is 11.4 Å². The predicted octanol–water partition coefficient (Wildman–Crippen LogP) is 2.23. The third-order valence-corrected chi connectivity index (χ3v) is 2.55. The van der Waals surface area contributed by atoms with Gasteiger partial charge in [-0.15, -0.1) is 0 Å². The van der Waals surface area contributed by atoms with Crippen LogP contribution in [0.25, 0.3) is 0 Å². The molecule has 0 bridgehead atoms. The monoisotopic (exact) mass is 266 g/mol. The molecular weight excluding hydrogens is 248 g/mol. The number of ether oxygens (including phenoxy) is 2. The molecule has 0 spiro atoms. The van der Waals surface area contributed by atoms with Gasteiger partial charge in [-0.3, -0.25) is 5.32 Å². The average molecular weight is 266 g/mol. The third-order valence-electron chi connectivity index (χ3n) is 2.55. The minimum atomic E-state index is -0.526. The normalized spacial score (nSPS) is 11.3. The Bertz CT molecular complexity index is 431. The second kappa shape index (κ2) is 7.25. The van der Waals surface area contributed by atoms with Crippen LogP contribution in [0.3, 0.4) is 0 Å². The van der Waals surface area contributed by atoms with E-state index in [0.717, 1.165) is 5.69 Å². The number of methoxy groups -OCH3 is 2. The van der Waals surface area contributed by atoms with E-state index in [4.69, 9.17) is 4.74 Å². The van der Waals surface area contributed by atoms with Gasteiger partial charge in [0.1, 0.15) is 6.04 Å². The van der Waals surface area contributed by atoms with Crippen molar-refractivity contribution in [1.82, 2.24) is 0 Å². The molecule has 0 saturated carbocycles. The zero-order valence-corrected chi connectivity index (χ0v) is 11.2. The lowest BCUT2D eigenvalue weighted by Crippen LogP contribution is -2.29. The number of nitrogens with one attached hydrogen (secondary N) is 2. The molecule has 0 radical (unpaired) electrons. The molecule has 19 heavy (non-hydrogen) atoms. The lowest BCUT2D eigenvalue weighted by molar-refractivity contribution is -0.141. The molecule has 1 amide bonds. The minimum absolute atomic E-state index is 0.306. The average Bonchev–Trinajstić information content (AvgIpc) is 2.45. The largest absolute Gasteiger partial charge is 0.467 e. The number of rotatable bonds is 5. The summed E-state index contributed by atoms with van der Waals surface area (Å²) in [5.41, 5.74) is 1.39. The van der Waals surface area contributed by atoms with E-state index in [9.17, 15) is 9.59 Å². The fraction of sp³-hybridized carbons (Fsp3) is 0.385. The Labute approximate surface area is 112 Å². The van der Waals surface area contributed by atoms with E-state index in [0.29, 0.717) is 12.1 Å². The Morgan fingerprint density at radius 1 is 1.11 bits per heavy atom. The van der Waals surface area contributed by atoms with Gasteiger partial charge < -0.3 is 14.8 Å². The van der Waals surface area contributed by atoms with Gasteiger partial charge in [0.15, 0.2) is 0 Å². The highest BCUT2D eigenvalue weighted by Crippen LogP contribution is 2.15. The number of anilines is 2. The van der Waals surface area contributed by atoms with Crippen molar-refractivity contribution in [3.63, 3.8) is 0 Å². The molecule has 1 aromatic carbocycles. The number of benzene rings is 1. The molecule has 2 N–H and O–H groups in total. The Hall–Kier alpha value is -2.24. The molecule has 0 aliphatic rings. The summed E-state index contributed by atoms with van der Waals surface area (Å²) in [6.07, 6.45) is 0.0937. The van der Waals surface area contributed by atoms with Crippen LogP contribution in [0.4, 0.5) is 16.2 Å². The maximum atomic E-state index is 11.4. The Balaban J connectivity index is 2.65. The Morgan fingerprint density at radius 2 is 1.68 bits per heavy atom. The molecule has 1 unspecified atom stereocenters. The minimum Gasteiger partial charge on any atom is -0.467 e. The van der Waals surface area contributed by atoms with Crippen LogP contribution < -0.4 is 10.6 Å². The summed E-state index contributed by atoms with van der Waals surface area (Å²) >= 11 is 0. The van der Waals surface area contributed by atoms with Crippen LogP contribution in [0.2, 0.25) is 0 Å². The van der Waals surface area contributed by atoms with Crippen LogP contribution in [-0.2, 0) is 14.3 Å². The van der Waals surface area contributed by atoms with E-state index in [1.165, 1.54) is 14.2 Å². The molecule has 0 aromatic heterocycles. The van der Waals surface area contributed by atoms with Crippen molar-refractivity contribution in [2.75, 3.05) is 24.9 Å². The van der Waals surface area contributed by atoms with Gasteiger partial charge in [0.05, 0.1) is 14.2 Å². The zero-order valence-electron chi connectivity index (χ0n) is 11.2. The van der Waals surface area contributed by atoms with Gasteiger partial charge in [0.2, 0.25) is 0 Å². The van der Waals surface area contributed by atoms with E-state index >= 15 is 0 Å². The Kier molecular flexibility index (Phi) is 5.66. The topological polar surface area (TPSA) is 76.7 Å². The molecule has 0 saturated heterocycles. The number of carbonyl (C=O) groups is 2. The summed E-state index contributed by atoms with van der Waals surface area (Å²) in [4.78, 5) is 22.4. The maximum Gasteiger partial charge on any atom is 0.411 e. The van der Waals surface area contributed by atoms with Gasteiger partial charge in [0.25, 0.3) is 0 Å². The van der Waals surface area contributed by atoms with Gasteiger partial charge in [-0.2, -0.15) is 0 Å². The highest BCUT2D eigenvalue weighted by atomic mass is 16.5. The van der Waals surface area contributed by atoms with Gasteiger partial charge in [-0.05, 0) is 30.7 Å². The number of amides is 1. The lowest BCUT2D eigenvalue weighted by Gasteiger charge is -2.16. The standard InChI is InChI=1S/C13H18N2O4/c1-4-11(12(16)18-2)14-9-5-7-10(8-6-9)15-13(17)19-3/h5-8,11,14H,4H2,1-3H3,(H,15,17). The van der Waals surface area contributed by atoms with Crippen LogP contribution in [0.15, 0.2) is 24.3 Å². The maximum absolute atomic E-state index is 11.4. The van der Waals surface area contributed by atoms with Crippen LogP contribution in [-0.4, -0.2) is 32.3 Å². The summed E-state index contributed by atoms with van der Waals surface area (Å²) in [5.74, 6) is -0.306.